The molecule has 5 nitrogen and oxygen atoms in total. The van der Waals surface area contributed by atoms with E-state index in [1.54, 1.807) is 0 Å². The zero-order chi connectivity index (χ0) is 11.2. The minimum absolute atomic E-state index is 0.223. The van der Waals surface area contributed by atoms with Gasteiger partial charge < -0.3 is 15.2 Å². The zero-order valence-corrected chi connectivity index (χ0v) is 9.43. The van der Waals surface area contributed by atoms with Crippen LogP contribution in [0.1, 0.15) is 25.3 Å². The number of aromatic nitrogens is 2. The molecule has 0 radical (unpaired) electrons. The summed E-state index contributed by atoms with van der Waals surface area (Å²) in [5.74, 6) is 0. The summed E-state index contributed by atoms with van der Waals surface area (Å²) >= 11 is 0. The molecule has 1 aliphatic rings. The van der Waals surface area contributed by atoms with Gasteiger partial charge in [-0.2, -0.15) is 5.10 Å². The Kier molecular flexibility index (Phi) is 4.18. The van der Waals surface area contributed by atoms with E-state index < -0.39 is 0 Å². The van der Waals surface area contributed by atoms with Crippen LogP contribution in [0, 0.1) is 0 Å². The first-order chi connectivity index (χ1) is 7.90. The van der Waals surface area contributed by atoms with Gasteiger partial charge in [-0.1, -0.05) is 0 Å². The Hall–Kier alpha value is -1.07. The van der Waals surface area contributed by atoms with Gasteiger partial charge in [0.2, 0.25) is 0 Å². The molecular formula is C11H19N3O2. The van der Waals surface area contributed by atoms with Gasteiger partial charge in [0, 0.05) is 32.6 Å². The van der Waals surface area contributed by atoms with Gasteiger partial charge >= 0.3 is 0 Å². The van der Waals surface area contributed by atoms with Crippen molar-refractivity contribution in [2.75, 3.05) is 31.7 Å². The molecule has 0 spiro atoms. The third-order valence-electron chi connectivity index (χ3n) is 2.83. The highest BCUT2D eigenvalue weighted by Gasteiger charge is 2.16. The van der Waals surface area contributed by atoms with Crippen LogP contribution in [0.3, 0.4) is 0 Å². The number of hydrogen-bond acceptors (Lipinski definition) is 4. The molecule has 0 amide bonds. The van der Waals surface area contributed by atoms with Crippen molar-refractivity contribution >= 4 is 5.69 Å². The maximum atomic E-state index is 8.68. The number of aliphatic hydroxyl groups excluding tert-OH is 1. The van der Waals surface area contributed by atoms with Gasteiger partial charge in [-0.25, -0.2) is 0 Å². The van der Waals surface area contributed by atoms with E-state index in [1.165, 1.54) is 0 Å². The van der Waals surface area contributed by atoms with E-state index >= 15 is 0 Å². The summed E-state index contributed by atoms with van der Waals surface area (Å²) in [6.45, 7) is 2.67. The minimum Gasteiger partial charge on any atom is -0.396 e. The lowest BCUT2D eigenvalue weighted by Crippen LogP contribution is -2.19. The van der Waals surface area contributed by atoms with Gasteiger partial charge in [0.25, 0.3) is 0 Å². The number of rotatable bonds is 5. The van der Waals surface area contributed by atoms with Crippen molar-refractivity contribution in [3.8, 4) is 0 Å². The first-order valence-corrected chi connectivity index (χ1v) is 5.87. The van der Waals surface area contributed by atoms with Crippen LogP contribution >= 0.6 is 0 Å². The van der Waals surface area contributed by atoms with Crippen LogP contribution in [0.2, 0.25) is 0 Å². The summed E-state index contributed by atoms with van der Waals surface area (Å²) in [7, 11) is 0. The molecule has 1 saturated heterocycles. The van der Waals surface area contributed by atoms with Crippen molar-refractivity contribution < 1.29 is 9.84 Å². The molecule has 1 fully saturated rings. The molecule has 0 aliphatic carbocycles. The first-order valence-electron chi connectivity index (χ1n) is 5.87. The number of ether oxygens (including phenoxy) is 1. The molecule has 90 valence electrons. The fourth-order valence-corrected chi connectivity index (χ4v) is 1.89. The van der Waals surface area contributed by atoms with Crippen molar-refractivity contribution in [2.45, 2.75) is 25.3 Å². The molecule has 1 aliphatic heterocycles. The lowest BCUT2D eigenvalue weighted by atomic mass is 10.1. The van der Waals surface area contributed by atoms with E-state index in [2.05, 4.69) is 10.4 Å². The Labute approximate surface area is 95.4 Å². The predicted octanol–water partition coefficient (Wildman–Crippen LogP) is 1.03. The third kappa shape index (κ3) is 2.96. The van der Waals surface area contributed by atoms with Crippen LogP contribution in [0.25, 0.3) is 0 Å². The number of aliphatic hydroxyl groups is 1. The van der Waals surface area contributed by atoms with Crippen LogP contribution in [0.15, 0.2) is 12.4 Å². The molecule has 0 atom stereocenters. The second kappa shape index (κ2) is 5.86. The standard InChI is InChI=1S/C11H19N3O2/c15-5-1-4-12-10-8-13-14(9-10)11-2-6-16-7-3-11/h8-9,11-12,15H,1-7H2. The fraction of sp³-hybridized carbons (Fsp3) is 0.727. The molecule has 0 aromatic carbocycles. The summed E-state index contributed by atoms with van der Waals surface area (Å²) < 4.78 is 7.34. The molecule has 16 heavy (non-hydrogen) atoms. The highest BCUT2D eigenvalue weighted by Crippen LogP contribution is 2.21. The Balaban J connectivity index is 1.85. The maximum Gasteiger partial charge on any atom is 0.0726 e. The number of nitrogens with one attached hydrogen (secondary N) is 1. The normalized spacial score (nSPS) is 17.6. The summed E-state index contributed by atoms with van der Waals surface area (Å²) in [5, 5.41) is 16.3. The first kappa shape index (κ1) is 11.4. The van der Waals surface area contributed by atoms with E-state index in [1.807, 2.05) is 17.1 Å². The van der Waals surface area contributed by atoms with Gasteiger partial charge in [-0.3, -0.25) is 4.68 Å². The van der Waals surface area contributed by atoms with E-state index in [0.717, 1.165) is 44.7 Å². The van der Waals surface area contributed by atoms with Gasteiger partial charge in [-0.05, 0) is 19.3 Å². The van der Waals surface area contributed by atoms with E-state index in [9.17, 15) is 0 Å². The highest BCUT2D eigenvalue weighted by atomic mass is 16.5. The molecule has 2 heterocycles. The molecule has 0 saturated carbocycles. The average Bonchev–Trinajstić information content (AvgIpc) is 2.79. The Bertz CT molecular complexity index is 308. The van der Waals surface area contributed by atoms with Crippen molar-refractivity contribution in [3.63, 3.8) is 0 Å². The quantitative estimate of drug-likeness (QED) is 0.735. The molecule has 5 heteroatoms. The average molecular weight is 225 g/mol. The fourth-order valence-electron chi connectivity index (χ4n) is 1.89. The summed E-state index contributed by atoms with van der Waals surface area (Å²) in [4.78, 5) is 0. The van der Waals surface area contributed by atoms with Crippen LogP contribution in [0.5, 0.6) is 0 Å². The molecular weight excluding hydrogens is 206 g/mol. The van der Waals surface area contributed by atoms with E-state index in [-0.39, 0.29) is 6.61 Å². The molecule has 0 unspecified atom stereocenters. The molecule has 1 aromatic heterocycles. The SMILES string of the molecule is OCCCNc1cnn(C2CCOCC2)c1. The van der Waals surface area contributed by atoms with E-state index in [0.29, 0.717) is 6.04 Å². The van der Waals surface area contributed by atoms with Gasteiger partial charge in [0.1, 0.15) is 0 Å². The molecule has 1 aromatic rings. The number of nitrogens with zero attached hydrogens (tertiary/aromatic N) is 2. The lowest BCUT2D eigenvalue weighted by molar-refractivity contribution is 0.0662. The van der Waals surface area contributed by atoms with Crippen LogP contribution in [-0.2, 0) is 4.74 Å². The largest absolute Gasteiger partial charge is 0.396 e. The maximum absolute atomic E-state index is 8.68. The van der Waals surface area contributed by atoms with Gasteiger partial charge in [-0.15, -0.1) is 0 Å². The summed E-state index contributed by atoms with van der Waals surface area (Å²) in [6.07, 6.45) is 6.72. The Morgan fingerprint density at radius 1 is 1.50 bits per heavy atom. The predicted molar refractivity (Wildman–Crippen MR) is 61.5 cm³/mol. The topological polar surface area (TPSA) is 59.3 Å². The van der Waals surface area contributed by atoms with Crippen molar-refractivity contribution in [3.05, 3.63) is 12.4 Å². The third-order valence-corrected chi connectivity index (χ3v) is 2.83. The zero-order valence-electron chi connectivity index (χ0n) is 9.43. The second-order valence-corrected chi connectivity index (χ2v) is 4.06. The van der Waals surface area contributed by atoms with Crippen LogP contribution in [-0.4, -0.2) is 41.3 Å². The van der Waals surface area contributed by atoms with Gasteiger partial charge in [0.15, 0.2) is 0 Å². The van der Waals surface area contributed by atoms with Crippen molar-refractivity contribution in [2.24, 2.45) is 0 Å². The molecule has 0 bridgehead atoms. The lowest BCUT2D eigenvalue weighted by Gasteiger charge is -2.22. The highest BCUT2D eigenvalue weighted by molar-refractivity contribution is 5.38. The number of anilines is 1. The molecule has 2 rings (SSSR count). The molecule has 2 N–H and O–H groups in total. The van der Waals surface area contributed by atoms with Crippen molar-refractivity contribution in [1.29, 1.82) is 0 Å². The minimum atomic E-state index is 0.223. The van der Waals surface area contributed by atoms with Crippen molar-refractivity contribution in [1.82, 2.24) is 9.78 Å². The summed E-state index contributed by atoms with van der Waals surface area (Å²) in [6, 6.07) is 0.474. The van der Waals surface area contributed by atoms with Crippen LogP contribution < -0.4 is 5.32 Å². The Morgan fingerprint density at radius 2 is 2.31 bits per heavy atom. The van der Waals surface area contributed by atoms with Gasteiger partial charge in [0.05, 0.1) is 17.9 Å². The smallest absolute Gasteiger partial charge is 0.0726 e. The summed E-state index contributed by atoms with van der Waals surface area (Å²) in [5.41, 5.74) is 1.03. The van der Waals surface area contributed by atoms with E-state index in [4.69, 9.17) is 9.84 Å². The Morgan fingerprint density at radius 3 is 3.06 bits per heavy atom. The second-order valence-electron chi connectivity index (χ2n) is 4.06. The monoisotopic (exact) mass is 225 g/mol. The number of hydrogen-bond donors (Lipinski definition) is 2. The van der Waals surface area contributed by atoms with Crippen LogP contribution in [0.4, 0.5) is 5.69 Å².